The van der Waals surface area contributed by atoms with Crippen molar-refractivity contribution in [3.8, 4) is 17.3 Å². The number of benzene rings is 1. The minimum absolute atomic E-state index is 0.0300. The number of hydrogen-bond donors (Lipinski definition) is 2. The van der Waals surface area contributed by atoms with E-state index in [0.717, 1.165) is 18.5 Å². The van der Waals surface area contributed by atoms with Gasteiger partial charge in [-0.2, -0.15) is 10.4 Å². The number of nitriles is 1. The lowest BCUT2D eigenvalue weighted by Crippen LogP contribution is -2.57. The Hall–Kier alpha value is -3.74. The predicted molar refractivity (Wildman–Crippen MR) is 124 cm³/mol. The number of anilines is 2. The van der Waals surface area contributed by atoms with E-state index in [9.17, 15) is 14.4 Å². The summed E-state index contributed by atoms with van der Waals surface area (Å²) in [6.07, 6.45) is 2.89. The average Bonchev–Trinajstić information content (AvgIpc) is 3.38. The molecule has 2 aliphatic rings. The Morgan fingerprint density at radius 3 is 2.77 bits per heavy atom. The third kappa shape index (κ3) is 3.49. The number of nitrogens with two attached hydrogens (primary N) is 1. The Kier molecular flexibility index (Phi) is 5.38. The minimum atomic E-state index is -1.20. The SMILES string of the molecule is CC1CC2(c3cc(NC(=O)Cc4ccc(-c5nn(C(C)C)c(N)c5C#N)c(F)c4F)on3)CCC12. The number of halogens is 2. The number of hydrogen-bond acceptors (Lipinski definition) is 6. The lowest BCUT2D eigenvalue weighted by atomic mass is 9.42. The number of nitrogens with zero attached hydrogens (tertiary/aromatic N) is 4. The smallest absolute Gasteiger partial charge is 0.231 e. The minimum Gasteiger partial charge on any atom is -0.383 e. The van der Waals surface area contributed by atoms with Gasteiger partial charge >= 0.3 is 0 Å². The molecule has 1 amide bonds. The average molecular weight is 481 g/mol. The second-order valence-corrected chi connectivity index (χ2v) is 9.94. The van der Waals surface area contributed by atoms with Crippen LogP contribution in [-0.4, -0.2) is 20.8 Å². The maximum atomic E-state index is 15.0. The fourth-order valence-corrected chi connectivity index (χ4v) is 5.69. The highest BCUT2D eigenvalue weighted by molar-refractivity contribution is 5.91. The molecule has 2 fully saturated rings. The third-order valence-electron chi connectivity index (χ3n) is 7.58. The molecule has 2 saturated carbocycles. The van der Waals surface area contributed by atoms with Gasteiger partial charge in [0.2, 0.25) is 11.8 Å². The van der Waals surface area contributed by atoms with Crippen molar-refractivity contribution in [3.05, 3.63) is 46.7 Å². The molecule has 182 valence electrons. The van der Waals surface area contributed by atoms with Gasteiger partial charge in [-0.1, -0.05) is 18.1 Å². The molecule has 3 N–H and O–H groups in total. The van der Waals surface area contributed by atoms with E-state index in [1.54, 1.807) is 19.9 Å². The molecule has 2 heterocycles. The van der Waals surface area contributed by atoms with Gasteiger partial charge in [0.15, 0.2) is 11.6 Å². The van der Waals surface area contributed by atoms with Gasteiger partial charge in [0.05, 0.1) is 12.1 Å². The highest BCUT2D eigenvalue weighted by Gasteiger charge is 2.60. The van der Waals surface area contributed by atoms with Crippen LogP contribution in [0, 0.1) is 34.8 Å². The molecule has 2 aromatic heterocycles. The van der Waals surface area contributed by atoms with E-state index >= 15 is 4.39 Å². The molecular formula is C25H26F2N6O2. The van der Waals surface area contributed by atoms with Crippen molar-refractivity contribution >= 4 is 17.6 Å². The second kappa shape index (κ2) is 8.18. The number of rotatable bonds is 6. The van der Waals surface area contributed by atoms with Crippen LogP contribution in [-0.2, 0) is 16.6 Å². The Morgan fingerprint density at radius 1 is 1.40 bits per heavy atom. The molecule has 0 aliphatic heterocycles. The lowest BCUT2D eigenvalue weighted by Gasteiger charge is -2.61. The summed E-state index contributed by atoms with van der Waals surface area (Å²) < 4.78 is 36.6. The number of carbonyl (C=O) groups excluding carboxylic acids is 1. The molecule has 0 spiro atoms. The molecule has 3 atom stereocenters. The Morgan fingerprint density at radius 2 is 2.17 bits per heavy atom. The van der Waals surface area contributed by atoms with Gasteiger partial charge in [-0.15, -0.1) is 0 Å². The predicted octanol–water partition coefficient (Wildman–Crippen LogP) is 4.72. The number of fused-ring (bicyclic) bond motifs is 1. The van der Waals surface area contributed by atoms with E-state index in [0.29, 0.717) is 11.8 Å². The van der Waals surface area contributed by atoms with E-state index in [1.807, 2.05) is 6.07 Å². The fourth-order valence-electron chi connectivity index (χ4n) is 5.69. The zero-order chi connectivity index (χ0) is 25.1. The first-order chi connectivity index (χ1) is 16.7. The first-order valence-electron chi connectivity index (χ1n) is 11.7. The summed E-state index contributed by atoms with van der Waals surface area (Å²) in [7, 11) is 0. The molecule has 2 aliphatic carbocycles. The summed E-state index contributed by atoms with van der Waals surface area (Å²) in [5, 5.41) is 20.4. The van der Waals surface area contributed by atoms with Crippen molar-refractivity contribution in [2.24, 2.45) is 11.8 Å². The maximum absolute atomic E-state index is 15.0. The molecule has 0 saturated heterocycles. The first-order valence-corrected chi connectivity index (χ1v) is 11.7. The van der Waals surface area contributed by atoms with Crippen molar-refractivity contribution in [3.63, 3.8) is 0 Å². The molecule has 8 nitrogen and oxygen atoms in total. The van der Waals surface area contributed by atoms with Crippen LogP contribution in [0.4, 0.5) is 20.5 Å². The molecule has 5 rings (SSSR count). The van der Waals surface area contributed by atoms with Crippen molar-refractivity contribution in [1.29, 1.82) is 5.26 Å². The lowest BCUT2D eigenvalue weighted by molar-refractivity contribution is -0.115. The Bertz CT molecular complexity index is 1370. The van der Waals surface area contributed by atoms with Gasteiger partial charge in [0, 0.05) is 28.7 Å². The zero-order valence-corrected chi connectivity index (χ0v) is 19.7. The summed E-state index contributed by atoms with van der Waals surface area (Å²) >= 11 is 0. The molecule has 1 aromatic carbocycles. The fraction of sp³-hybridized carbons (Fsp3) is 0.440. The largest absolute Gasteiger partial charge is 0.383 e. The maximum Gasteiger partial charge on any atom is 0.231 e. The number of carbonyl (C=O) groups is 1. The zero-order valence-electron chi connectivity index (χ0n) is 19.7. The van der Waals surface area contributed by atoms with Gasteiger partial charge in [-0.3, -0.25) is 10.1 Å². The quantitative estimate of drug-likeness (QED) is 0.526. The van der Waals surface area contributed by atoms with Crippen LogP contribution in [0.25, 0.3) is 11.3 Å². The summed E-state index contributed by atoms with van der Waals surface area (Å²) in [6.45, 7) is 5.85. The molecule has 3 aromatic rings. The Labute approximate surface area is 201 Å². The molecular weight excluding hydrogens is 454 g/mol. The van der Waals surface area contributed by atoms with E-state index in [1.165, 1.54) is 23.2 Å². The normalized spacial score (nSPS) is 22.8. The summed E-state index contributed by atoms with van der Waals surface area (Å²) in [4.78, 5) is 12.5. The topological polar surface area (TPSA) is 123 Å². The van der Waals surface area contributed by atoms with Gasteiger partial charge < -0.3 is 10.3 Å². The molecule has 0 radical (unpaired) electrons. The van der Waals surface area contributed by atoms with Gasteiger partial charge in [-0.25, -0.2) is 13.5 Å². The van der Waals surface area contributed by atoms with Crippen LogP contribution < -0.4 is 11.1 Å². The summed E-state index contributed by atoms with van der Waals surface area (Å²) in [5.41, 5.74) is 6.47. The van der Waals surface area contributed by atoms with E-state index < -0.39 is 24.0 Å². The Balaban J connectivity index is 1.33. The van der Waals surface area contributed by atoms with Gasteiger partial charge in [-0.05, 0) is 51.0 Å². The van der Waals surface area contributed by atoms with E-state index in [2.05, 4.69) is 22.5 Å². The molecule has 3 unspecified atom stereocenters. The summed E-state index contributed by atoms with van der Waals surface area (Å²) in [6, 6.07) is 6.07. The van der Waals surface area contributed by atoms with Gasteiger partial charge in [0.25, 0.3) is 0 Å². The van der Waals surface area contributed by atoms with Crippen molar-refractivity contribution < 1.29 is 18.1 Å². The number of nitrogens with one attached hydrogen (secondary N) is 1. The summed E-state index contributed by atoms with van der Waals surface area (Å²) in [5.74, 6) is -1.40. The second-order valence-electron chi connectivity index (χ2n) is 9.94. The monoisotopic (exact) mass is 480 g/mol. The van der Waals surface area contributed by atoms with Crippen LogP contribution in [0.3, 0.4) is 0 Å². The van der Waals surface area contributed by atoms with Crippen molar-refractivity contribution in [2.45, 2.75) is 57.9 Å². The van der Waals surface area contributed by atoms with Crippen LogP contribution in [0.15, 0.2) is 22.7 Å². The highest BCUT2D eigenvalue weighted by atomic mass is 19.2. The number of nitrogen functional groups attached to an aromatic ring is 1. The first kappa shape index (κ1) is 23.0. The van der Waals surface area contributed by atoms with Crippen LogP contribution in [0.2, 0.25) is 0 Å². The molecule has 35 heavy (non-hydrogen) atoms. The van der Waals surface area contributed by atoms with E-state index in [4.69, 9.17) is 10.3 Å². The van der Waals surface area contributed by atoms with Crippen LogP contribution >= 0.6 is 0 Å². The van der Waals surface area contributed by atoms with Crippen LogP contribution in [0.5, 0.6) is 0 Å². The standard InChI is InChI=1S/C25H26F2N6O2/c1-12(2)33-24(29)16(11-28)23(31-33)15-5-4-14(21(26)22(15)27)8-19(34)30-20-9-18(32-35-20)25-7-6-17(25)13(3)10-25/h4-5,9,12-13,17H,6-8,10,29H2,1-3H3,(H,30,34). The molecule has 0 bridgehead atoms. The van der Waals surface area contributed by atoms with Crippen LogP contribution in [0.1, 0.15) is 62.9 Å². The number of aromatic nitrogens is 3. The third-order valence-corrected chi connectivity index (χ3v) is 7.58. The highest BCUT2D eigenvalue weighted by Crippen LogP contribution is 2.64. The molecule has 10 heteroatoms. The van der Waals surface area contributed by atoms with Crippen molar-refractivity contribution in [1.82, 2.24) is 14.9 Å². The van der Waals surface area contributed by atoms with Crippen molar-refractivity contribution in [2.75, 3.05) is 11.1 Å². The number of amides is 1. The van der Waals surface area contributed by atoms with E-state index in [-0.39, 0.29) is 45.5 Å². The van der Waals surface area contributed by atoms with Gasteiger partial charge in [0.1, 0.15) is 23.1 Å².